The predicted octanol–water partition coefficient (Wildman–Crippen LogP) is 1.92. The van der Waals surface area contributed by atoms with E-state index in [1.807, 2.05) is 6.07 Å². The van der Waals surface area contributed by atoms with Crippen LogP contribution in [0.15, 0.2) is 23.2 Å². The lowest BCUT2D eigenvalue weighted by molar-refractivity contribution is 0.0780. The number of guanidine groups is 1. The van der Waals surface area contributed by atoms with E-state index in [4.69, 9.17) is 15.2 Å². The molecule has 1 aliphatic rings. The van der Waals surface area contributed by atoms with Crippen molar-refractivity contribution in [3.8, 4) is 11.5 Å². The minimum Gasteiger partial charge on any atom is -0.493 e. The Bertz CT molecular complexity index is 522. The van der Waals surface area contributed by atoms with E-state index in [0.717, 1.165) is 17.9 Å². The van der Waals surface area contributed by atoms with Crippen molar-refractivity contribution in [1.29, 1.82) is 0 Å². The van der Waals surface area contributed by atoms with Crippen molar-refractivity contribution in [1.82, 2.24) is 0 Å². The van der Waals surface area contributed by atoms with Crippen LogP contribution in [0.25, 0.3) is 0 Å². The van der Waals surface area contributed by atoms with Gasteiger partial charge in [-0.25, -0.2) is 0 Å². The van der Waals surface area contributed by atoms with E-state index < -0.39 is 5.60 Å². The second kappa shape index (κ2) is 8.68. The number of aliphatic imine (C=N–C) groups is 1. The fourth-order valence-corrected chi connectivity index (χ4v) is 3.34. The Morgan fingerprint density at radius 2 is 2.14 bits per heavy atom. The molecule has 1 heterocycles. The second-order valence-corrected chi connectivity index (χ2v) is 6.03. The topological polar surface area (TPSA) is 89.1 Å². The van der Waals surface area contributed by atoms with Crippen molar-refractivity contribution in [2.45, 2.75) is 12.0 Å². The summed E-state index contributed by atoms with van der Waals surface area (Å²) in [5.41, 5.74) is 5.88. The SMILES string of the molecule is COc1ccc(NC(N)=NCC2(O)CCSC2)cc1OC.I. The largest absolute Gasteiger partial charge is 0.493 e. The van der Waals surface area contributed by atoms with Crippen LogP contribution < -0.4 is 20.5 Å². The first kappa shape index (κ1) is 19.2. The number of methoxy groups -OCH3 is 2. The van der Waals surface area contributed by atoms with Crippen LogP contribution in [0.3, 0.4) is 0 Å². The maximum Gasteiger partial charge on any atom is 0.193 e. The minimum atomic E-state index is -0.728. The Kier molecular flexibility index (Phi) is 7.57. The number of ether oxygens (including phenoxy) is 2. The van der Waals surface area contributed by atoms with Gasteiger partial charge < -0.3 is 25.6 Å². The minimum absolute atomic E-state index is 0. The summed E-state index contributed by atoms with van der Waals surface area (Å²) in [5.74, 6) is 3.21. The molecule has 1 fully saturated rings. The second-order valence-electron chi connectivity index (χ2n) is 4.92. The number of nitrogens with two attached hydrogens (primary N) is 1. The number of thioether (sulfide) groups is 1. The smallest absolute Gasteiger partial charge is 0.193 e. The van der Waals surface area contributed by atoms with Crippen LogP contribution in [0.2, 0.25) is 0 Å². The van der Waals surface area contributed by atoms with Gasteiger partial charge in [-0.3, -0.25) is 4.99 Å². The van der Waals surface area contributed by atoms with Gasteiger partial charge in [0.05, 0.1) is 26.4 Å². The molecule has 124 valence electrons. The normalized spacial score (nSPS) is 21.1. The van der Waals surface area contributed by atoms with Crippen molar-refractivity contribution >= 4 is 47.4 Å². The lowest BCUT2D eigenvalue weighted by atomic mass is 10.1. The molecule has 1 aromatic rings. The molecule has 0 aromatic heterocycles. The summed E-state index contributed by atoms with van der Waals surface area (Å²) < 4.78 is 10.4. The fourth-order valence-electron chi connectivity index (χ4n) is 2.05. The summed E-state index contributed by atoms with van der Waals surface area (Å²) >= 11 is 1.73. The van der Waals surface area contributed by atoms with E-state index in [9.17, 15) is 5.11 Å². The van der Waals surface area contributed by atoms with E-state index in [-0.39, 0.29) is 29.9 Å². The van der Waals surface area contributed by atoms with Crippen molar-refractivity contribution in [2.24, 2.45) is 10.7 Å². The fraction of sp³-hybridized carbons (Fsp3) is 0.500. The third-order valence-electron chi connectivity index (χ3n) is 3.28. The highest BCUT2D eigenvalue weighted by Gasteiger charge is 2.31. The van der Waals surface area contributed by atoms with Crippen LogP contribution in [-0.2, 0) is 0 Å². The molecule has 0 saturated carbocycles. The van der Waals surface area contributed by atoms with Gasteiger partial charge in [-0.2, -0.15) is 11.8 Å². The lowest BCUT2D eigenvalue weighted by Crippen LogP contribution is -2.34. The molecule has 8 heteroatoms. The molecule has 1 aromatic carbocycles. The van der Waals surface area contributed by atoms with Gasteiger partial charge in [-0.05, 0) is 24.3 Å². The van der Waals surface area contributed by atoms with E-state index in [2.05, 4.69) is 10.3 Å². The van der Waals surface area contributed by atoms with Crippen LogP contribution in [0, 0.1) is 0 Å². The third kappa shape index (κ3) is 5.10. The van der Waals surface area contributed by atoms with E-state index in [1.54, 1.807) is 38.1 Å². The Morgan fingerprint density at radius 1 is 1.41 bits per heavy atom. The number of halogens is 1. The lowest BCUT2D eigenvalue weighted by Gasteiger charge is -2.18. The number of hydrogen-bond donors (Lipinski definition) is 3. The number of nitrogens with one attached hydrogen (secondary N) is 1. The monoisotopic (exact) mass is 439 g/mol. The Balaban J connectivity index is 0.00000242. The first-order chi connectivity index (χ1) is 10.1. The summed E-state index contributed by atoms with van der Waals surface area (Å²) in [6.45, 7) is 0.312. The molecule has 1 aliphatic heterocycles. The molecule has 0 aliphatic carbocycles. The summed E-state index contributed by atoms with van der Waals surface area (Å²) in [4.78, 5) is 4.22. The van der Waals surface area contributed by atoms with Crippen LogP contribution in [0.5, 0.6) is 11.5 Å². The van der Waals surface area contributed by atoms with E-state index >= 15 is 0 Å². The van der Waals surface area contributed by atoms with Gasteiger partial charge in [0.2, 0.25) is 0 Å². The highest BCUT2D eigenvalue weighted by molar-refractivity contribution is 14.0. The molecule has 0 bridgehead atoms. The number of hydrogen-bond acceptors (Lipinski definition) is 5. The quantitative estimate of drug-likeness (QED) is 0.369. The summed E-state index contributed by atoms with van der Waals surface area (Å²) in [5, 5.41) is 13.2. The van der Waals surface area contributed by atoms with Crippen LogP contribution in [0.1, 0.15) is 6.42 Å². The molecule has 0 amide bonds. The molecule has 1 atom stereocenters. The zero-order chi connectivity index (χ0) is 15.3. The molecule has 0 radical (unpaired) electrons. The first-order valence-electron chi connectivity index (χ1n) is 6.65. The predicted molar refractivity (Wildman–Crippen MR) is 102 cm³/mol. The van der Waals surface area contributed by atoms with Crippen molar-refractivity contribution < 1.29 is 14.6 Å². The molecule has 2 rings (SSSR count). The van der Waals surface area contributed by atoms with Crippen LogP contribution in [0.4, 0.5) is 5.69 Å². The highest BCUT2D eigenvalue weighted by atomic mass is 127. The molecule has 6 nitrogen and oxygen atoms in total. The average Bonchev–Trinajstić information content (AvgIpc) is 2.92. The number of aliphatic hydroxyl groups is 1. The Hall–Kier alpha value is -0.870. The standard InChI is InChI=1S/C14H21N3O3S.HI/c1-19-11-4-3-10(7-12(11)20-2)17-13(15)16-8-14(18)5-6-21-9-14;/h3-4,7,18H,5-6,8-9H2,1-2H3,(H3,15,16,17);1H. The van der Waals surface area contributed by atoms with Gasteiger partial charge in [0.25, 0.3) is 0 Å². The molecular formula is C14H22IN3O3S. The van der Waals surface area contributed by atoms with Crippen LogP contribution in [-0.4, -0.2) is 48.9 Å². The maximum atomic E-state index is 10.2. The maximum absolute atomic E-state index is 10.2. The molecule has 1 saturated heterocycles. The number of nitrogens with zero attached hydrogens (tertiary/aromatic N) is 1. The Labute approximate surface area is 151 Å². The van der Waals surface area contributed by atoms with E-state index in [0.29, 0.717) is 23.8 Å². The van der Waals surface area contributed by atoms with Gasteiger partial charge in [0.1, 0.15) is 0 Å². The van der Waals surface area contributed by atoms with E-state index in [1.165, 1.54) is 0 Å². The average molecular weight is 439 g/mol. The van der Waals surface area contributed by atoms with Crippen LogP contribution >= 0.6 is 35.7 Å². The van der Waals surface area contributed by atoms with Gasteiger partial charge in [0, 0.05) is 17.5 Å². The van der Waals surface area contributed by atoms with Crippen molar-refractivity contribution in [3.63, 3.8) is 0 Å². The van der Waals surface area contributed by atoms with Gasteiger partial charge in [-0.1, -0.05) is 0 Å². The molecule has 4 N–H and O–H groups in total. The zero-order valence-corrected chi connectivity index (χ0v) is 15.8. The highest BCUT2D eigenvalue weighted by Crippen LogP contribution is 2.30. The molecule has 0 spiro atoms. The zero-order valence-electron chi connectivity index (χ0n) is 12.7. The van der Waals surface area contributed by atoms with Gasteiger partial charge in [0.15, 0.2) is 17.5 Å². The number of rotatable bonds is 5. The summed E-state index contributed by atoms with van der Waals surface area (Å²) in [7, 11) is 3.16. The van der Waals surface area contributed by atoms with Gasteiger partial charge >= 0.3 is 0 Å². The Morgan fingerprint density at radius 3 is 2.73 bits per heavy atom. The molecule has 1 unspecified atom stereocenters. The van der Waals surface area contributed by atoms with Crippen molar-refractivity contribution in [3.05, 3.63) is 18.2 Å². The number of anilines is 1. The number of benzene rings is 1. The first-order valence-corrected chi connectivity index (χ1v) is 7.81. The molecular weight excluding hydrogens is 417 g/mol. The molecule has 22 heavy (non-hydrogen) atoms. The van der Waals surface area contributed by atoms with Gasteiger partial charge in [-0.15, -0.1) is 24.0 Å². The summed E-state index contributed by atoms with van der Waals surface area (Å²) in [6.07, 6.45) is 0.755. The van der Waals surface area contributed by atoms with Crippen molar-refractivity contribution in [2.75, 3.05) is 37.6 Å². The summed E-state index contributed by atoms with van der Waals surface area (Å²) in [6, 6.07) is 5.39. The third-order valence-corrected chi connectivity index (χ3v) is 4.52.